The van der Waals surface area contributed by atoms with E-state index in [1.54, 1.807) is 11.3 Å². The van der Waals surface area contributed by atoms with Crippen molar-refractivity contribution in [1.29, 1.82) is 0 Å². The molecule has 5 nitrogen and oxygen atoms in total. The minimum absolute atomic E-state index is 0. The van der Waals surface area contributed by atoms with Crippen LogP contribution in [0.1, 0.15) is 63.9 Å². The second-order valence-corrected chi connectivity index (χ2v) is 11.3. The number of fused-ring (bicyclic) bond motifs is 4. The van der Waals surface area contributed by atoms with Gasteiger partial charge in [0.25, 0.3) is 0 Å². The Morgan fingerprint density at radius 1 is 1.02 bits per heavy atom. The van der Waals surface area contributed by atoms with Gasteiger partial charge in [-0.05, 0) is 68.8 Å². The van der Waals surface area contributed by atoms with Crippen molar-refractivity contribution < 1.29 is 34.4 Å². The fourth-order valence-electron chi connectivity index (χ4n) is 4.90. The average molecular weight is 734 g/mol. The number of hydrogen-bond donors (Lipinski definition) is 1. The Balaban J connectivity index is 0.000000243. The molecule has 0 unspecified atom stereocenters. The normalized spacial score (nSPS) is 11.8. The maximum Gasteiger partial charge on any atom is 0.216 e. The first-order valence-corrected chi connectivity index (χ1v) is 14.6. The predicted octanol–water partition coefficient (Wildman–Crippen LogP) is 9.54. The van der Waals surface area contributed by atoms with Crippen LogP contribution in [0.3, 0.4) is 0 Å². The molecule has 4 heterocycles. The van der Waals surface area contributed by atoms with Crippen molar-refractivity contribution in [2.75, 3.05) is 0 Å². The first-order chi connectivity index (χ1) is 18.8. The largest absolute Gasteiger partial charge is 0.512 e. The first kappa shape index (κ1) is 31.7. The summed E-state index contributed by atoms with van der Waals surface area (Å²) < 4.78 is 7.26. The third-order valence-electron chi connectivity index (χ3n) is 7.30. The smallest absolute Gasteiger partial charge is 0.216 e. The number of allylic oxidation sites excluding steroid dienone is 2. The van der Waals surface area contributed by atoms with Crippen molar-refractivity contribution in [2.24, 2.45) is 11.8 Å². The molecular formula is C33H37IrN2O3S-. The Bertz CT molecular complexity index is 1630. The molecule has 1 N–H and O–H groups in total. The number of rotatable bonds is 8. The molecule has 0 bridgehead atoms. The molecule has 0 aliphatic rings. The Labute approximate surface area is 254 Å². The Morgan fingerprint density at radius 3 is 2.40 bits per heavy atom. The molecule has 0 amide bonds. The molecular weight excluding hydrogens is 697 g/mol. The van der Waals surface area contributed by atoms with Gasteiger partial charge in [-0.3, -0.25) is 4.79 Å². The summed E-state index contributed by atoms with van der Waals surface area (Å²) in [7, 11) is 0. The molecule has 0 aliphatic heterocycles. The molecule has 0 aliphatic carbocycles. The summed E-state index contributed by atoms with van der Waals surface area (Å²) in [5.41, 5.74) is 4.17. The van der Waals surface area contributed by atoms with Crippen molar-refractivity contribution in [2.45, 2.75) is 67.2 Å². The number of aryl methyl sites for hydroxylation is 2. The van der Waals surface area contributed by atoms with E-state index >= 15 is 0 Å². The van der Waals surface area contributed by atoms with Crippen LogP contribution >= 0.6 is 11.3 Å². The number of carbonyl (C=O) groups excluding carboxylic acids is 1. The van der Waals surface area contributed by atoms with Crippen molar-refractivity contribution in [3.05, 3.63) is 71.1 Å². The zero-order valence-electron chi connectivity index (χ0n) is 24.0. The summed E-state index contributed by atoms with van der Waals surface area (Å²) in [6.07, 6.45) is 6.84. The maximum absolute atomic E-state index is 11.7. The number of aliphatic hydroxyl groups is 1. The van der Waals surface area contributed by atoms with Gasteiger partial charge in [-0.15, -0.1) is 29.5 Å². The number of carbonyl (C=O) groups is 1. The van der Waals surface area contributed by atoms with Crippen molar-refractivity contribution in [3.8, 4) is 11.3 Å². The number of thiophene rings is 1. The monoisotopic (exact) mass is 734 g/mol. The standard InChI is InChI=1S/C20H13N2OS.C13H24O2.Ir/c1-11-6-7-15-14-4-3-5-16(19(14)23-20(15)22-11)17-9-13-8-12(2)24-18(13)10-21-17;1-5-10(6-2)12(14)9-13(15)11(7-3)8-4;/h3-4,6-10H,1-2H3;9-11,14H,5-8H2,1-4H3;/q-1;;/b;12-9-;. The summed E-state index contributed by atoms with van der Waals surface area (Å²) in [5.74, 6) is 0.547. The maximum atomic E-state index is 11.7. The third kappa shape index (κ3) is 6.88. The molecule has 0 saturated heterocycles. The number of aliphatic hydroxyl groups excluding tert-OH is 1. The van der Waals surface area contributed by atoms with E-state index in [0.29, 0.717) is 5.71 Å². The van der Waals surface area contributed by atoms with E-state index in [2.05, 4.69) is 41.2 Å². The number of hydrogen-bond acceptors (Lipinski definition) is 6. The number of furan rings is 1. The summed E-state index contributed by atoms with van der Waals surface area (Å²) in [6.45, 7) is 12.2. The Morgan fingerprint density at radius 2 is 1.73 bits per heavy atom. The van der Waals surface area contributed by atoms with E-state index in [1.165, 1.54) is 21.0 Å². The van der Waals surface area contributed by atoms with Gasteiger partial charge in [-0.1, -0.05) is 44.7 Å². The van der Waals surface area contributed by atoms with Crippen LogP contribution in [0.15, 0.2) is 58.8 Å². The molecule has 7 heteroatoms. The number of nitrogens with zero attached hydrogens (tertiary/aromatic N) is 2. The van der Waals surface area contributed by atoms with Gasteiger partial charge in [0, 0.05) is 60.2 Å². The van der Waals surface area contributed by atoms with E-state index in [-0.39, 0.29) is 43.5 Å². The van der Waals surface area contributed by atoms with Crippen LogP contribution in [0.5, 0.6) is 0 Å². The quantitative estimate of drug-likeness (QED) is 0.0977. The molecule has 4 aromatic heterocycles. The van der Waals surface area contributed by atoms with Gasteiger partial charge >= 0.3 is 0 Å². The molecule has 0 fully saturated rings. The van der Waals surface area contributed by atoms with Crippen molar-refractivity contribution in [1.82, 2.24) is 9.97 Å². The van der Waals surface area contributed by atoms with Crippen LogP contribution in [0.25, 0.3) is 43.4 Å². The Kier molecular flexibility index (Phi) is 11.2. The Hall–Kier alpha value is -2.86. The van der Waals surface area contributed by atoms with Gasteiger partial charge in [0.2, 0.25) is 5.71 Å². The molecule has 0 atom stereocenters. The summed E-state index contributed by atoms with van der Waals surface area (Å²) >= 11 is 1.76. The van der Waals surface area contributed by atoms with Crippen LogP contribution in [0.2, 0.25) is 0 Å². The van der Waals surface area contributed by atoms with Crippen LogP contribution in [0, 0.1) is 31.7 Å². The number of aromatic nitrogens is 2. The van der Waals surface area contributed by atoms with Gasteiger partial charge in [-0.25, -0.2) is 4.98 Å². The first-order valence-electron chi connectivity index (χ1n) is 13.8. The fourth-order valence-corrected chi connectivity index (χ4v) is 5.77. The molecule has 5 rings (SSSR count). The fraction of sp³-hybridized carbons (Fsp3) is 0.364. The van der Waals surface area contributed by atoms with E-state index in [4.69, 9.17) is 4.42 Å². The molecule has 40 heavy (non-hydrogen) atoms. The minimum Gasteiger partial charge on any atom is -0.512 e. The van der Waals surface area contributed by atoms with Crippen LogP contribution < -0.4 is 0 Å². The van der Waals surface area contributed by atoms with E-state index < -0.39 is 0 Å². The number of benzene rings is 1. The van der Waals surface area contributed by atoms with Gasteiger partial charge in [0.1, 0.15) is 0 Å². The van der Waals surface area contributed by atoms with Gasteiger partial charge in [0.05, 0.1) is 16.0 Å². The van der Waals surface area contributed by atoms with Crippen molar-refractivity contribution in [3.63, 3.8) is 0 Å². The van der Waals surface area contributed by atoms with Gasteiger partial charge in [0.15, 0.2) is 5.78 Å². The van der Waals surface area contributed by atoms with E-state index in [1.807, 2.05) is 59.0 Å². The molecule has 1 radical (unpaired) electrons. The molecule has 0 saturated carbocycles. The summed E-state index contributed by atoms with van der Waals surface area (Å²) in [6, 6.07) is 15.6. The van der Waals surface area contributed by atoms with Crippen LogP contribution in [-0.2, 0) is 24.9 Å². The molecule has 5 aromatic rings. The minimum atomic E-state index is 0. The van der Waals surface area contributed by atoms with Crippen LogP contribution in [0.4, 0.5) is 0 Å². The van der Waals surface area contributed by atoms with Gasteiger partial charge in [-0.2, -0.15) is 0 Å². The van der Waals surface area contributed by atoms with E-state index in [0.717, 1.165) is 59.0 Å². The molecule has 0 spiro atoms. The third-order valence-corrected chi connectivity index (χ3v) is 8.30. The SMILES string of the molecule is CCC(CC)C(=O)/C=C(\O)C(CC)CC.Cc1ccc2c(n1)oc1c(-c3cc4cc(C)sc4cn3)[c-]ccc12.[Ir]. The van der Waals surface area contributed by atoms with Crippen LogP contribution in [-0.4, -0.2) is 20.9 Å². The zero-order valence-corrected chi connectivity index (χ0v) is 27.2. The van der Waals surface area contributed by atoms with Gasteiger partial charge < -0.3 is 14.5 Å². The van der Waals surface area contributed by atoms with E-state index in [9.17, 15) is 9.90 Å². The summed E-state index contributed by atoms with van der Waals surface area (Å²) in [5, 5.41) is 13.0. The molecule has 1 aromatic carbocycles. The second kappa shape index (κ2) is 14.2. The topological polar surface area (TPSA) is 76.2 Å². The number of pyridine rings is 2. The summed E-state index contributed by atoms with van der Waals surface area (Å²) in [4.78, 5) is 22.1. The molecule has 213 valence electrons. The second-order valence-electron chi connectivity index (χ2n) is 9.97. The number of ketones is 1. The zero-order chi connectivity index (χ0) is 28.1. The predicted molar refractivity (Wildman–Crippen MR) is 162 cm³/mol. The average Bonchev–Trinajstić information content (AvgIpc) is 3.48. The van der Waals surface area contributed by atoms with Crippen molar-refractivity contribution >= 4 is 49.3 Å².